The fourth-order valence-electron chi connectivity index (χ4n) is 0.731. The van der Waals surface area contributed by atoms with Gasteiger partial charge in [0.05, 0.1) is 11.4 Å². The van der Waals surface area contributed by atoms with Crippen LogP contribution in [-0.2, 0) is 0 Å². The Morgan fingerprint density at radius 1 is 1.36 bits per heavy atom. The van der Waals surface area contributed by atoms with Crippen molar-refractivity contribution in [2.24, 2.45) is 4.99 Å². The molecule has 0 amide bonds. The van der Waals surface area contributed by atoms with Gasteiger partial charge in [0.15, 0.2) is 0 Å². The van der Waals surface area contributed by atoms with Crippen molar-refractivity contribution in [2.45, 2.75) is 20.8 Å². The average molecular weight is 152 g/mol. The van der Waals surface area contributed by atoms with E-state index in [1.54, 1.807) is 0 Å². The van der Waals surface area contributed by atoms with Crippen LogP contribution < -0.4 is 5.32 Å². The molecule has 11 heavy (non-hydrogen) atoms. The molecule has 0 atom stereocenters. The number of aliphatic imine (C=N–C) groups is 1. The van der Waals surface area contributed by atoms with Crippen molar-refractivity contribution < 1.29 is 0 Å². The van der Waals surface area contributed by atoms with Gasteiger partial charge in [-0.25, -0.2) is 0 Å². The lowest BCUT2D eigenvalue weighted by Crippen LogP contribution is -2.05. The first-order chi connectivity index (χ1) is 5.11. The van der Waals surface area contributed by atoms with Gasteiger partial charge in [-0.2, -0.15) is 0 Å². The summed E-state index contributed by atoms with van der Waals surface area (Å²) < 4.78 is 0. The minimum absolute atomic E-state index is 0.925. The molecule has 0 aromatic rings. The summed E-state index contributed by atoms with van der Waals surface area (Å²) in [6, 6.07) is 0. The number of likely N-dealkylation sites (N-methyl/N-ethyl adjacent to an activating group) is 1. The van der Waals surface area contributed by atoms with E-state index in [1.807, 2.05) is 33.9 Å². The van der Waals surface area contributed by atoms with Crippen LogP contribution in [0.25, 0.3) is 0 Å². The molecular weight excluding hydrogens is 136 g/mol. The number of nitrogens with one attached hydrogen (secondary N) is 1. The predicted octanol–water partition coefficient (Wildman–Crippen LogP) is 2.10. The van der Waals surface area contributed by atoms with Crippen molar-refractivity contribution in [3.05, 3.63) is 23.0 Å². The standard InChI is InChI=1S/C9H16N2/c1-7(2)6-9(11-5)8(3)10-4/h6,11H,4H2,1-3,5H3/b9-8+. The van der Waals surface area contributed by atoms with Crippen molar-refractivity contribution >= 4 is 6.72 Å². The Kier molecular flexibility index (Phi) is 4.27. The molecule has 0 aromatic heterocycles. The third-order valence-corrected chi connectivity index (χ3v) is 1.33. The maximum Gasteiger partial charge on any atom is 0.0596 e. The van der Waals surface area contributed by atoms with Crippen LogP contribution in [0.2, 0.25) is 0 Å². The summed E-state index contributed by atoms with van der Waals surface area (Å²) in [6.45, 7) is 9.49. The maximum absolute atomic E-state index is 3.84. The minimum Gasteiger partial charge on any atom is -0.387 e. The minimum atomic E-state index is 0.925. The predicted molar refractivity (Wildman–Crippen MR) is 50.7 cm³/mol. The molecule has 0 spiro atoms. The van der Waals surface area contributed by atoms with Gasteiger partial charge in [0.25, 0.3) is 0 Å². The average Bonchev–Trinajstić information content (AvgIpc) is 1.98. The lowest BCUT2D eigenvalue weighted by atomic mass is 10.2. The molecule has 0 aliphatic carbocycles. The van der Waals surface area contributed by atoms with Crippen molar-refractivity contribution in [2.75, 3.05) is 7.05 Å². The maximum atomic E-state index is 3.84. The molecule has 0 radical (unpaired) electrons. The molecular formula is C9H16N2. The van der Waals surface area contributed by atoms with E-state index in [-0.39, 0.29) is 0 Å². The van der Waals surface area contributed by atoms with Crippen LogP contribution in [0.15, 0.2) is 28.0 Å². The Hall–Kier alpha value is -1.05. The second-order valence-electron chi connectivity index (χ2n) is 2.63. The van der Waals surface area contributed by atoms with E-state index in [9.17, 15) is 0 Å². The molecule has 1 N–H and O–H groups in total. The highest BCUT2D eigenvalue weighted by atomic mass is 14.9. The zero-order valence-corrected chi connectivity index (χ0v) is 7.73. The van der Waals surface area contributed by atoms with Crippen molar-refractivity contribution in [1.82, 2.24) is 5.32 Å². The van der Waals surface area contributed by atoms with Crippen molar-refractivity contribution in [3.8, 4) is 0 Å². The third-order valence-electron chi connectivity index (χ3n) is 1.33. The number of hydrogen-bond donors (Lipinski definition) is 1. The first kappa shape index (κ1) is 9.95. The summed E-state index contributed by atoms with van der Waals surface area (Å²) in [4.78, 5) is 3.84. The Labute approximate surface area is 68.7 Å². The summed E-state index contributed by atoms with van der Waals surface area (Å²) in [5.74, 6) is 0. The molecule has 2 heteroatoms. The van der Waals surface area contributed by atoms with Gasteiger partial charge in [0.1, 0.15) is 0 Å². The van der Waals surface area contributed by atoms with E-state index in [1.165, 1.54) is 5.57 Å². The molecule has 0 saturated carbocycles. The summed E-state index contributed by atoms with van der Waals surface area (Å²) >= 11 is 0. The lowest BCUT2D eigenvalue weighted by Gasteiger charge is -2.03. The number of allylic oxidation sites excluding steroid dienone is 3. The molecule has 0 heterocycles. The first-order valence-corrected chi connectivity index (χ1v) is 3.62. The summed E-state index contributed by atoms with van der Waals surface area (Å²) in [7, 11) is 1.88. The fourth-order valence-corrected chi connectivity index (χ4v) is 0.731. The Balaban J connectivity index is 4.66. The fraction of sp³-hybridized carbons (Fsp3) is 0.444. The lowest BCUT2D eigenvalue weighted by molar-refractivity contribution is 0.986. The van der Waals surface area contributed by atoms with E-state index >= 15 is 0 Å². The highest BCUT2D eigenvalue weighted by Gasteiger charge is 1.92. The van der Waals surface area contributed by atoms with Crippen LogP contribution >= 0.6 is 0 Å². The summed E-state index contributed by atoms with van der Waals surface area (Å²) in [6.07, 6.45) is 2.05. The van der Waals surface area contributed by atoms with Crippen LogP contribution in [0.3, 0.4) is 0 Å². The zero-order chi connectivity index (χ0) is 8.85. The Morgan fingerprint density at radius 3 is 2.18 bits per heavy atom. The molecule has 2 nitrogen and oxygen atoms in total. The SMILES string of the molecule is C=N/C(C)=C(\C=C(C)C)NC. The van der Waals surface area contributed by atoms with Crippen LogP contribution in [0, 0.1) is 0 Å². The van der Waals surface area contributed by atoms with Crippen LogP contribution in [0.5, 0.6) is 0 Å². The van der Waals surface area contributed by atoms with E-state index in [4.69, 9.17) is 0 Å². The van der Waals surface area contributed by atoms with Gasteiger partial charge >= 0.3 is 0 Å². The number of nitrogens with zero attached hydrogens (tertiary/aromatic N) is 1. The van der Waals surface area contributed by atoms with E-state index in [0.717, 1.165) is 11.4 Å². The zero-order valence-electron chi connectivity index (χ0n) is 7.73. The highest BCUT2D eigenvalue weighted by molar-refractivity contribution is 5.33. The molecule has 0 aliphatic heterocycles. The van der Waals surface area contributed by atoms with Gasteiger partial charge in [-0.15, -0.1) is 0 Å². The largest absolute Gasteiger partial charge is 0.387 e. The normalized spacial score (nSPS) is 11.6. The second kappa shape index (κ2) is 4.72. The molecule has 0 aliphatic rings. The smallest absolute Gasteiger partial charge is 0.0596 e. The Morgan fingerprint density at radius 2 is 1.91 bits per heavy atom. The van der Waals surface area contributed by atoms with Gasteiger partial charge in [0, 0.05) is 7.05 Å². The van der Waals surface area contributed by atoms with E-state index in [0.29, 0.717) is 0 Å². The molecule has 0 rings (SSSR count). The van der Waals surface area contributed by atoms with Crippen LogP contribution in [-0.4, -0.2) is 13.8 Å². The topological polar surface area (TPSA) is 24.4 Å². The molecule has 0 saturated heterocycles. The van der Waals surface area contributed by atoms with Gasteiger partial charge in [-0.1, -0.05) is 5.57 Å². The van der Waals surface area contributed by atoms with Crippen LogP contribution in [0.1, 0.15) is 20.8 Å². The third kappa shape index (κ3) is 3.61. The second-order valence-corrected chi connectivity index (χ2v) is 2.63. The molecule has 0 bridgehead atoms. The monoisotopic (exact) mass is 152 g/mol. The van der Waals surface area contributed by atoms with Gasteiger partial charge < -0.3 is 5.32 Å². The van der Waals surface area contributed by atoms with E-state index < -0.39 is 0 Å². The number of hydrogen-bond acceptors (Lipinski definition) is 2. The molecule has 0 aromatic carbocycles. The summed E-state index contributed by atoms with van der Waals surface area (Å²) in [5.41, 5.74) is 3.20. The number of rotatable bonds is 3. The highest BCUT2D eigenvalue weighted by Crippen LogP contribution is 2.05. The van der Waals surface area contributed by atoms with Crippen molar-refractivity contribution in [3.63, 3.8) is 0 Å². The van der Waals surface area contributed by atoms with Gasteiger partial charge in [0.2, 0.25) is 0 Å². The molecule has 62 valence electrons. The molecule has 0 fully saturated rings. The van der Waals surface area contributed by atoms with Crippen LogP contribution in [0.4, 0.5) is 0 Å². The molecule has 0 unspecified atom stereocenters. The van der Waals surface area contributed by atoms with Crippen molar-refractivity contribution in [1.29, 1.82) is 0 Å². The summed E-state index contributed by atoms with van der Waals surface area (Å²) in [5, 5.41) is 3.05. The van der Waals surface area contributed by atoms with Gasteiger partial charge in [-0.05, 0) is 33.6 Å². The van der Waals surface area contributed by atoms with E-state index in [2.05, 4.69) is 17.0 Å². The Bertz CT molecular complexity index is 196. The van der Waals surface area contributed by atoms with Gasteiger partial charge in [-0.3, -0.25) is 4.99 Å². The first-order valence-electron chi connectivity index (χ1n) is 3.62. The quantitative estimate of drug-likeness (QED) is 0.486.